The molecule has 25 heavy (non-hydrogen) atoms. The summed E-state index contributed by atoms with van der Waals surface area (Å²) >= 11 is 0. The number of nitrogens with zero attached hydrogens (tertiary/aromatic N) is 5. The van der Waals surface area contributed by atoms with Gasteiger partial charge in [-0.2, -0.15) is 5.10 Å². The smallest absolute Gasteiger partial charge is 0.191 e. The van der Waals surface area contributed by atoms with E-state index in [9.17, 15) is 0 Å². The van der Waals surface area contributed by atoms with E-state index >= 15 is 0 Å². The molecule has 136 valence electrons. The van der Waals surface area contributed by atoms with Crippen molar-refractivity contribution in [1.82, 2.24) is 25.4 Å². The highest BCUT2D eigenvalue weighted by molar-refractivity contribution is 14.0. The van der Waals surface area contributed by atoms with Gasteiger partial charge in [-0.3, -0.25) is 9.67 Å². The van der Waals surface area contributed by atoms with Gasteiger partial charge in [-0.1, -0.05) is 18.2 Å². The average Bonchev–Trinajstić information content (AvgIpc) is 3.04. The Hall–Kier alpha value is -1.84. The second-order valence-corrected chi connectivity index (χ2v) is 5.99. The van der Waals surface area contributed by atoms with Crippen molar-refractivity contribution in [3.8, 4) is 0 Å². The van der Waals surface area contributed by atoms with Gasteiger partial charge in [0.25, 0.3) is 0 Å². The fourth-order valence-corrected chi connectivity index (χ4v) is 3.00. The number of piperidine rings is 1. The molecule has 0 saturated carbocycles. The first-order valence-electron chi connectivity index (χ1n) is 8.36. The van der Waals surface area contributed by atoms with Crippen molar-refractivity contribution < 1.29 is 0 Å². The predicted octanol–water partition coefficient (Wildman–Crippen LogP) is 1.77. The molecule has 1 aliphatic heterocycles. The van der Waals surface area contributed by atoms with Crippen molar-refractivity contribution in [2.24, 2.45) is 12.0 Å². The van der Waals surface area contributed by atoms with Gasteiger partial charge in [0.05, 0.1) is 6.54 Å². The summed E-state index contributed by atoms with van der Waals surface area (Å²) in [4.78, 5) is 11.0. The molecule has 0 spiro atoms. The van der Waals surface area contributed by atoms with Gasteiger partial charge in [0, 0.05) is 38.9 Å². The Morgan fingerprint density at radius 2 is 2.12 bits per heavy atom. The van der Waals surface area contributed by atoms with E-state index in [4.69, 9.17) is 0 Å². The van der Waals surface area contributed by atoms with Crippen molar-refractivity contribution in [2.45, 2.75) is 25.4 Å². The molecule has 3 rings (SSSR count). The fraction of sp³-hybridized carbons (Fsp3) is 0.471. The maximum atomic E-state index is 4.33. The minimum atomic E-state index is 0. The fourth-order valence-electron chi connectivity index (χ4n) is 3.00. The number of aryl methyl sites for hydroxylation is 1. The quantitative estimate of drug-likeness (QED) is 0.418. The summed E-state index contributed by atoms with van der Waals surface area (Å²) < 4.78 is 1.76. The molecule has 0 aliphatic carbocycles. The standard InChI is InChI=1S/C17H25N7.HI/c1-18-17(19-11-16-20-13-21-23(16)2)22-14-7-6-10-24(12-14)15-8-4-3-5-9-15;/h3-5,8-9,13-14H,6-7,10-12H2,1-2H3,(H2,18,19,22);1H. The first-order chi connectivity index (χ1) is 11.8. The highest BCUT2D eigenvalue weighted by Gasteiger charge is 2.20. The number of hydrogen-bond acceptors (Lipinski definition) is 4. The summed E-state index contributed by atoms with van der Waals surface area (Å²) in [5, 5.41) is 10.9. The zero-order chi connectivity index (χ0) is 16.8. The van der Waals surface area contributed by atoms with E-state index in [1.54, 1.807) is 18.1 Å². The second-order valence-electron chi connectivity index (χ2n) is 5.99. The number of para-hydroxylation sites is 1. The number of anilines is 1. The van der Waals surface area contributed by atoms with Gasteiger partial charge >= 0.3 is 0 Å². The van der Waals surface area contributed by atoms with Crippen LogP contribution in [0, 0.1) is 0 Å². The van der Waals surface area contributed by atoms with Crippen LogP contribution in [-0.2, 0) is 13.6 Å². The molecular formula is C17H26IN7. The van der Waals surface area contributed by atoms with Crippen LogP contribution in [-0.4, -0.2) is 46.9 Å². The first-order valence-corrected chi connectivity index (χ1v) is 8.36. The summed E-state index contributed by atoms with van der Waals surface area (Å²) in [6, 6.07) is 11.0. The number of aliphatic imine (C=N–C) groups is 1. The lowest BCUT2D eigenvalue weighted by molar-refractivity contribution is 0.467. The number of nitrogens with one attached hydrogen (secondary N) is 2. The van der Waals surface area contributed by atoms with Crippen LogP contribution >= 0.6 is 24.0 Å². The SMILES string of the molecule is CN=C(NCc1ncnn1C)NC1CCCN(c2ccccc2)C1.I. The summed E-state index contributed by atoms with van der Waals surface area (Å²) in [5.74, 6) is 1.69. The molecule has 2 heterocycles. The van der Waals surface area contributed by atoms with Gasteiger partial charge in [-0.15, -0.1) is 24.0 Å². The molecule has 7 nitrogen and oxygen atoms in total. The van der Waals surface area contributed by atoms with E-state index in [2.05, 4.69) is 60.9 Å². The molecule has 2 aromatic rings. The normalized spacial score (nSPS) is 17.8. The van der Waals surface area contributed by atoms with Crippen LogP contribution < -0.4 is 15.5 Å². The molecule has 1 fully saturated rings. The van der Waals surface area contributed by atoms with Crippen molar-refractivity contribution in [1.29, 1.82) is 0 Å². The number of rotatable bonds is 4. The van der Waals surface area contributed by atoms with Crippen LogP contribution in [0.15, 0.2) is 41.7 Å². The lowest BCUT2D eigenvalue weighted by Crippen LogP contribution is -2.51. The minimum absolute atomic E-state index is 0. The Bertz CT molecular complexity index is 671. The maximum absolute atomic E-state index is 4.33. The highest BCUT2D eigenvalue weighted by Crippen LogP contribution is 2.19. The molecule has 1 unspecified atom stereocenters. The summed E-state index contributed by atoms with van der Waals surface area (Å²) in [5.41, 5.74) is 1.28. The van der Waals surface area contributed by atoms with Gasteiger partial charge in [0.2, 0.25) is 0 Å². The Morgan fingerprint density at radius 3 is 2.80 bits per heavy atom. The van der Waals surface area contributed by atoms with E-state index < -0.39 is 0 Å². The van der Waals surface area contributed by atoms with Gasteiger partial charge in [0.1, 0.15) is 12.2 Å². The Kier molecular flexibility index (Phi) is 7.48. The zero-order valence-corrected chi connectivity index (χ0v) is 17.1. The van der Waals surface area contributed by atoms with Crippen LogP contribution in [0.4, 0.5) is 5.69 Å². The van der Waals surface area contributed by atoms with Gasteiger partial charge in [0.15, 0.2) is 5.96 Å². The third-order valence-electron chi connectivity index (χ3n) is 4.33. The van der Waals surface area contributed by atoms with Crippen molar-refractivity contribution in [3.63, 3.8) is 0 Å². The number of aromatic nitrogens is 3. The van der Waals surface area contributed by atoms with Crippen molar-refractivity contribution in [2.75, 3.05) is 25.0 Å². The van der Waals surface area contributed by atoms with E-state index in [0.717, 1.165) is 31.3 Å². The van der Waals surface area contributed by atoms with E-state index in [1.165, 1.54) is 12.1 Å². The molecule has 8 heteroatoms. The average molecular weight is 455 g/mol. The van der Waals surface area contributed by atoms with Gasteiger partial charge in [-0.05, 0) is 25.0 Å². The molecule has 0 amide bonds. The Balaban J connectivity index is 0.00000225. The van der Waals surface area contributed by atoms with Crippen LogP contribution in [0.3, 0.4) is 0 Å². The number of guanidine groups is 1. The Morgan fingerprint density at radius 1 is 1.32 bits per heavy atom. The van der Waals surface area contributed by atoms with E-state index in [-0.39, 0.29) is 24.0 Å². The molecule has 1 saturated heterocycles. The predicted molar refractivity (Wildman–Crippen MR) is 111 cm³/mol. The summed E-state index contributed by atoms with van der Waals surface area (Å²) in [6.45, 7) is 2.69. The monoisotopic (exact) mass is 455 g/mol. The van der Waals surface area contributed by atoms with Crippen LogP contribution in [0.1, 0.15) is 18.7 Å². The van der Waals surface area contributed by atoms with Crippen LogP contribution in [0.25, 0.3) is 0 Å². The molecule has 0 bridgehead atoms. The van der Waals surface area contributed by atoms with Crippen molar-refractivity contribution >= 4 is 35.6 Å². The summed E-state index contributed by atoms with van der Waals surface area (Å²) in [7, 11) is 3.68. The van der Waals surface area contributed by atoms with Gasteiger partial charge < -0.3 is 15.5 Å². The van der Waals surface area contributed by atoms with Crippen molar-refractivity contribution in [3.05, 3.63) is 42.5 Å². The Labute approximate surface area is 165 Å². The number of halogens is 1. The third-order valence-corrected chi connectivity index (χ3v) is 4.33. The molecule has 1 aromatic heterocycles. The molecule has 2 N–H and O–H groups in total. The van der Waals surface area contributed by atoms with Gasteiger partial charge in [-0.25, -0.2) is 4.98 Å². The van der Waals surface area contributed by atoms with E-state index in [0.29, 0.717) is 12.6 Å². The first kappa shape index (κ1) is 19.5. The third kappa shape index (κ3) is 5.32. The molecule has 0 radical (unpaired) electrons. The maximum Gasteiger partial charge on any atom is 0.191 e. The van der Waals surface area contributed by atoms with Crippen LogP contribution in [0.5, 0.6) is 0 Å². The minimum Gasteiger partial charge on any atom is -0.369 e. The molecule has 1 aliphatic rings. The number of hydrogen-bond donors (Lipinski definition) is 2. The second kappa shape index (κ2) is 9.59. The molecule has 1 aromatic carbocycles. The largest absolute Gasteiger partial charge is 0.369 e. The summed E-state index contributed by atoms with van der Waals surface area (Å²) in [6.07, 6.45) is 3.88. The molecular weight excluding hydrogens is 429 g/mol. The lowest BCUT2D eigenvalue weighted by Gasteiger charge is -2.35. The molecule has 1 atom stereocenters. The van der Waals surface area contributed by atoms with E-state index in [1.807, 2.05) is 7.05 Å². The lowest BCUT2D eigenvalue weighted by atomic mass is 10.1. The highest BCUT2D eigenvalue weighted by atomic mass is 127. The zero-order valence-electron chi connectivity index (χ0n) is 14.7. The van der Waals surface area contributed by atoms with Crippen LogP contribution in [0.2, 0.25) is 0 Å². The topological polar surface area (TPSA) is 70.4 Å². The number of benzene rings is 1.